The number of carbonyl (C=O) groups is 3. The van der Waals surface area contributed by atoms with E-state index in [-0.39, 0.29) is 29.7 Å². The van der Waals surface area contributed by atoms with Gasteiger partial charge in [-0.3, -0.25) is 14.5 Å². The zero-order valence-corrected chi connectivity index (χ0v) is 19.3. The molecule has 1 atom stereocenters. The van der Waals surface area contributed by atoms with Crippen LogP contribution < -0.4 is 5.32 Å². The number of benzene rings is 1. The van der Waals surface area contributed by atoms with E-state index in [1.807, 2.05) is 4.90 Å². The lowest BCUT2D eigenvalue weighted by molar-refractivity contribution is -0.144. The second-order valence-corrected chi connectivity index (χ2v) is 9.28. The quantitative estimate of drug-likeness (QED) is 0.749. The molecule has 2 heterocycles. The summed E-state index contributed by atoms with van der Waals surface area (Å²) in [6.07, 6.45) is 4.43. The Morgan fingerprint density at radius 2 is 1.52 bits per heavy atom. The molecule has 1 saturated carbocycles. The summed E-state index contributed by atoms with van der Waals surface area (Å²) >= 11 is 0. The van der Waals surface area contributed by atoms with E-state index in [0.29, 0.717) is 64.0 Å². The summed E-state index contributed by atoms with van der Waals surface area (Å²) in [4.78, 5) is 45.6. The van der Waals surface area contributed by atoms with Crippen LogP contribution in [-0.2, 0) is 9.59 Å². The Labute approximate surface area is 194 Å². The van der Waals surface area contributed by atoms with Crippen molar-refractivity contribution in [2.24, 2.45) is 5.92 Å². The molecule has 0 unspecified atom stereocenters. The largest absolute Gasteiger partial charge is 0.339 e. The van der Waals surface area contributed by atoms with E-state index in [9.17, 15) is 18.8 Å². The Morgan fingerprint density at radius 1 is 0.909 bits per heavy atom. The van der Waals surface area contributed by atoms with E-state index in [2.05, 4.69) is 10.2 Å². The highest BCUT2D eigenvalue weighted by atomic mass is 19.1. The number of anilines is 1. The third-order valence-corrected chi connectivity index (χ3v) is 7.21. The number of piperazine rings is 2. The maximum atomic E-state index is 13.6. The first kappa shape index (κ1) is 23.5. The molecule has 0 bridgehead atoms. The fourth-order valence-electron chi connectivity index (χ4n) is 5.33. The average molecular weight is 460 g/mol. The molecule has 180 valence electrons. The summed E-state index contributed by atoms with van der Waals surface area (Å²) in [5.41, 5.74) is 0.436. The third kappa shape index (κ3) is 5.63. The lowest BCUT2D eigenvalue weighted by Crippen LogP contribution is -2.61. The van der Waals surface area contributed by atoms with Gasteiger partial charge in [-0.1, -0.05) is 18.9 Å². The molecule has 3 aliphatic rings. The molecule has 1 aliphatic carbocycles. The van der Waals surface area contributed by atoms with Gasteiger partial charge < -0.3 is 20.0 Å². The van der Waals surface area contributed by atoms with Crippen LogP contribution in [0.4, 0.5) is 14.9 Å². The number of amides is 4. The highest BCUT2D eigenvalue weighted by Gasteiger charge is 2.40. The van der Waals surface area contributed by atoms with Gasteiger partial charge in [0.2, 0.25) is 11.8 Å². The monoisotopic (exact) mass is 459 g/mol. The Bertz CT molecular complexity index is 859. The first-order valence-electron chi connectivity index (χ1n) is 12.0. The van der Waals surface area contributed by atoms with Crippen molar-refractivity contribution >= 4 is 23.5 Å². The van der Waals surface area contributed by atoms with Gasteiger partial charge in [0.25, 0.3) is 0 Å². The summed E-state index contributed by atoms with van der Waals surface area (Å²) < 4.78 is 13.4. The second kappa shape index (κ2) is 10.5. The number of rotatable bonds is 4. The van der Waals surface area contributed by atoms with Crippen molar-refractivity contribution in [3.05, 3.63) is 30.1 Å². The first-order chi connectivity index (χ1) is 15.9. The Kier molecular flexibility index (Phi) is 7.47. The third-order valence-electron chi connectivity index (χ3n) is 7.21. The smallest absolute Gasteiger partial charge is 0.321 e. The molecular weight excluding hydrogens is 425 g/mol. The fourth-order valence-corrected chi connectivity index (χ4v) is 5.33. The summed E-state index contributed by atoms with van der Waals surface area (Å²) in [5, 5.41) is 2.76. The molecule has 0 radical (unpaired) electrons. The molecule has 9 heteroatoms. The fraction of sp³-hybridized carbons (Fsp3) is 0.625. The topological polar surface area (TPSA) is 76.2 Å². The van der Waals surface area contributed by atoms with Gasteiger partial charge >= 0.3 is 6.03 Å². The van der Waals surface area contributed by atoms with E-state index >= 15 is 0 Å². The average Bonchev–Trinajstić information content (AvgIpc) is 3.34. The molecule has 0 aromatic heterocycles. The van der Waals surface area contributed by atoms with Crippen molar-refractivity contribution in [2.45, 2.75) is 38.6 Å². The summed E-state index contributed by atoms with van der Waals surface area (Å²) in [6, 6.07) is 5.46. The molecule has 4 amide bonds. The van der Waals surface area contributed by atoms with Crippen molar-refractivity contribution in [2.75, 3.05) is 57.7 Å². The number of carbonyl (C=O) groups excluding carboxylic acids is 3. The van der Waals surface area contributed by atoms with E-state index < -0.39 is 0 Å². The van der Waals surface area contributed by atoms with E-state index in [1.54, 1.807) is 28.9 Å². The molecule has 1 aromatic rings. The SMILES string of the molecule is CC(=O)N1CCN(C(=O)[C@@H](C2CCCC2)N2CCN(C(=O)Nc3cccc(F)c3)CC2)CC1. The molecule has 3 fully saturated rings. The summed E-state index contributed by atoms with van der Waals surface area (Å²) in [5.74, 6) is 0.181. The number of hydrogen-bond donors (Lipinski definition) is 1. The van der Waals surface area contributed by atoms with Gasteiger partial charge in [0.15, 0.2) is 0 Å². The van der Waals surface area contributed by atoms with Crippen LogP contribution in [0.25, 0.3) is 0 Å². The van der Waals surface area contributed by atoms with Crippen LogP contribution in [-0.4, -0.2) is 95.8 Å². The van der Waals surface area contributed by atoms with Crippen LogP contribution in [0.15, 0.2) is 24.3 Å². The summed E-state index contributed by atoms with van der Waals surface area (Å²) in [6.45, 7) is 6.23. The molecule has 4 rings (SSSR count). The van der Waals surface area contributed by atoms with E-state index in [0.717, 1.165) is 25.7 Å². The first-order valence-corrected chi connectivity index (χ1v) is 12.0. The maximum Gasteiger partial charge on any atom is 0.321 e. The highest BCUT2D eigenvalue weighted by Crippen LogP contribution is 2.32. The van der Waals surface area contributed by atoms with Gasteiger partial charge in [0.05, 0.1) is 6.04 Å². The van der Waals surface area contributed by atoms with Crippen molar-refractivity contribution in [3.63, 3.8) is 0 Å². The molecule has 1 aromatic carbocycles. The van der Waals surface area contributed by atoms with Crippen molar-refractivity contribution in [3.8, 4) is 0 Å². The van der Waals surface area contributed by atoms with Crippen molar-refractivity contribution in [1.82, 2.24) is 19.6 Å². The van der Waals surface area contributed by atoms with E-state index in [4.69, 9.17) is 0 Å². The molecule has 8 nitrogen and oxygen atoms in total. The zero-order valence-electron chi connectivity index (χ0n) is 19.3. The van der Waals surface area contributed by atoms with Gasteiger partial charge in [-0.15, -0.1) is 0 Å². The van der Waals surface area contributed by atoms with E-state index in [1.165, 1.54) is 12.1 Å². The predicted octanol–water partition coefficient (Wildman–Crippen LogP) is 2.22. The predicted molar refractivity (Wildman–Crippen MR) is 123 cm³/mol. The number of nitrogens with zero attached hydrogens (tertiary/aromatic N) is 4. The van der Waals surface area contributed by atoms with Gasteiger partial charge in [0.1, 0.15) is 5.82 Å². The molecule has 2 saturated heterocycles. The maximum absolute atomic E-state index is 13.6. The van der Waals surface area contributed by atoms with Gasteiger partial charge in [-0.05, 0) is 37.0 Å². The molecule has 33 heavy (non-hydrogen) atoms. The lowest BCUT2D eigenvalue weighted by Gasteiger charge is -2.43. The minimum Gasteiger partial charge on any atom is -0.339 e. The number of halogens is 1. The normalized spacial score (nSPS) is 21.2. The van der Waals surface area contributed by atoms with Gasteiger partial charge in [-0.2, -0.15) is 0 Å². The van der Waals surface area contributed by atoms with Crippen LogP contribution in [0.2, 0.25) is 0 Å². The van der Waals surface area contributed by atoms with Crippen LogP contribution in [0.5, 0.6) is 0 Å². The van der Waals surface area contributed by atoms with Crippen molar-refractivity contribution < 1.29 is 18.8 Å². The summed E-state index contributed by atoms with van der Waals surface area (Å²) in [7, 11) is 0. The standard InChI is InChI=1S/C24H34FN5O3/c1-18(31)27-9-13-29(14-10-27)23(32)22(19-5-2-3-6-19)28-11-15-30(16-12-28)24(33)26-21-8-4-7-20(25)17-21/h4,7-8,17,19,22H,2-3,5-6,9-16H2,1H3,(H,26,33)/t22-/m1/s1. The minimum absolute atomic E-state index is 0.0575. The number of urea groups is 1. The van der Waals surface area contributed by atoms with Gasteiger partial charge in [-0.25, -0.2) is 9.18 Å². The zero-order chi connectivity index (χ0) is 23.4. The second-order valence-electron chi connectivity index (χ2n) is 9.28. The number of hydrogen-bond acceptors (Lipinski definition) is 4. The Morgan fingerprint density at radius 3 is 2.12 bits per heavy atom. The minimum atomic E-state index is -0.389. The van der Waals surface area contributed by atoms with Crippen LogP contribution in [0.1, 0.15) is 32.6 Å². The van der Waals surface area contributed by atoms with Gasteiger partial charge in [0, 0.05) is 65.0 Å². The van der Waals surface area contributed by atoms with Crippen LogP contribution in [0, 0.1) is 11.7 Å². The van der Waals surface area contributed by atoms with Crippen LogP contribution in [0.3, 0.4) is 0 Å². The van der Waals surface area contributed by atoms with Crippen LogP contribution >= 0.6 is 0 Å². The molecular formula is C24H34FN5O3. The number of nitrogens with one attached hydrogen (secondary N) is 1. The Hall–Kier alpha value is -2.68. The lowest BCUT2D eigenvalue weighted by atomic mass is 9.94. The van der Waals surface area contributed by atoms with Crippen molar-refractivity contribution in [1.29, 1.82) is 0 Å². The Balaban J connectivity index is 1.36. The highest BCUT2D eigenvalue weighted by molar-refractivity contribution is 5.89. The molecule has 1 N–H and O–H groups in total. The molecule has 0 spiro atoms. The molecule has 2 aliphatic heterocycles.